The summed E-state index contributed by atoms with van der Waals surface area (Å²) in [5, 5.41) is 5.07. The highest BCUT2D eigenvalue weighted by atomic mass is 32.1. The first kappa shape index (κ1) is 21.7. The molecular formula is C22H26N4O3S. The summed E-state index contributed by atoms with van der Waals surface area (Å²) in [5.74, 6) is 3.18. The molecule has 0 saturated carbocycles. The van der Waals surface area contributed by atoms with Gasteiger partial charge in [0.05, 0.1) is 27.9 Å². The van der Waals surface area contributed by atoms with Crippen LogP contribution in [0, 0.1) is 13.5 Å². The third-order valence-corrected chi connectivity index (χ3v) is 6.07. The van der Waals surface area contributed by atoms with Crippen molar-refractivity contribution in [1.82, 2.24) is 9.97 Å². The minimum atomic E-state index is 0.257. The number of hydrogen-bond acceptors (Lipinski definition) is 7. The fourth-order valence-electron chi connectivity index (χ4n) is 3.22. The molecule has 2 aromatic heterocycles. The average Bonchev–Trinajstić information content (AvgIpc) is 3.08. The molecule has 0 saturated heterocycles. The number of nitrogens with zero attached hydrogens (tertiary/aromatic N) is 3. The Balaban J connectivity index is 2.10. The maximum absolute atomic E-state index is 7.45. The van der Waals surface area contributed by atoms with Gasteiger partial charge in [-0.1, -0.05) is 6.92 Å². The monoisotopic (exact) mass is 426 g/mol. The van der Waals surface area contributed by atoms with Crippen LogP contribution >= 0.6 is 11.3 Å². The Kier molecular flexibility index (Phi) is 6.63. The molecule has 1 N–H and O–H groups in total. The van der Waals surface area contributed by atoms with Crippen LogP contribution in [0.15, 0.2) is 12.1 Å². The zero-order valence-electron chi connectivity index (χ0n) is 18.1. The summed E-state index contributed by atoms with van der Waals surface area (Å²) in [6.07, 6.45) is 1.46. The van der Waals surface area contributed by atoms with Gasteiger partial charge in [0, 0.05) is 17.8 Å². The van der Waals surface area contributed by atoms with E-state index in [0.717, 1.165) is 33.6 Å². The van der Waals surface area contributed by atoms with Gasteiger partial charge in [0.25, 0.3) is 0 Å². The smallest absolute Gasteiger partial charge is 0.246 e. The molecule has 30 heavy (non-hydrogen) atoms. The lowest BCUT2D eigenvalue weighted by Gasteiger charge is -2.16. The second-order valence-electron chi connectivity index (χ2n) is 6.98. The second kappa shape index (κ2) is 9.18. The molecule has 3 aromatic rings. The van der Waals surface area contributed by atoms with Crippen LogP contribution in [0.3, 0.4) is 0 Å². The molecule has 0 fully saturated rings. The summed E-state index contributed by atoms with van der Waals surface area (Å²) in [7, 11) is 4.77. The number of rotatable bonds is 8. The molecule has 158 valence electrons. The summed E-state index contributed by atoms with van der Waals surface area (Å²) < 4.78 is 16.3. The number of hydrogen-bond donors (Lipinski definition) is 1. The lowest BCUT2D eigenvalue weighted by molar-refractivity contribution is 0.324. The first-order chi connectivity index (χ1) is 14.4. The number of aromatic nitrogens is 2. The summed E-state index contributed by atoms with van der Waals surface area (Å²) in [5.41, 5.74) is 1.87. The molecule has 2 heterocycles. The van der Waals surface area contributed by atoms with Crippen molar-refractivity contribution in [2.45, 2.75) is 39.7 Å². The molecule has 7 nitrogen and oxygen atoms in total. The number of benzene rings is 1. The fourth-order valence-corrected chi connectivity index (χ4v) is 4.20. The number of anilines is 1. The molecule has 1 aromatic carbocycles. The summed E-state index contributed by atoms with van der Waals surface area (Å²) in [6.45, 7) is 13.6. The molecule has 0 aliphatic heterocycles. The maximum Gasteiger partial charge on any atom is 0.246 e. The van der Waals surface area contributed by atoms with E-state index in [-0.39, 0.29) is 6.04 Å². The molecule has 0 aliphatic rings. The van der Waals surface area contributed by atoms with Crippen LogP contribution in [-0.4, -0.2) is 37.3 Å². The van der Waals surface area contributed by atoms with Gasteiger partial charge < -0.3 is 19.5 Å². The number of ether oxygens (including phenoxy) is 3. The van der Waals surface area contributed by atoms with Gasteiger partial charge in [-0.3, -0.25) is 0 Å². The molecule has 1 unspecified atom stereocenters. The Labute approximate surface area is 180 Å². The van der Waals surface area contributed by atoms with Crippen LogP contribution in [0.25, 0.3) is 15.1 Å². The summed E-state index contributed by atoms with van der Waals surface area (Å²) in [6, 6.07) is 4.06. The predicted octanol–water partition coefficient (Wildman–Crippen LogP) is 5.38. The third-order valence-electron chi connectivity index (χ3n) is 5.00. The highest BCUT2D eigenvalue weighted by Crippen LogP contribution is 2.41. The highest BCUT2D eigenvalue weighted by Gasteiger charge is 2.19. The zero-order valence-corrected chi connectivity index (χ0v) is 18.9. The topological polar surface area (TPSA) is 69.9 Å². The Morgan fingerprint density at radius 1 is 1.13 bits per heavy atom. The van der Waals surface area contributed by atoms with Crippen LogP contribution in [0.2, 0.25) is 0 Å². The van der Waals surface area contributed by atoms with E-state index in [1.54, 1.807) is 21.3 Å². The summed E-state index contributed by atoms with van der Waals surface area (Å²) >= 11 is 1.40. The number of methoxy groups -OCH3 is 3. The van der Waals surface area contributed by atoms with E-state index in [2.05, 4.69) is 24.0 Å². The van der Waals surface area contributed by atoms with Crippen molar-refractivity contribution >= 4 is 32.4 Å². The van der Waals surface area contributed by atoms with Crippen molar-refractivity contribution in [1.29, 1.82) is 0 Å². The Morgan fingerprint density at radius 3 is 2.33 bits per heavy atom. The van der Waals surface area contributed by atoms with Gasteiger partial charge in [0.1, 0.15) is 16.5 Å². The van der Waals surface area contributed by atoms with Crippen LogP contribution in [-0.2, 0) is 6.42 Å². The van der Waals surface area contributed by atoms with Gasteiger partial charge in [-0.15, -0.1) is 11.3 Å². The van der Waals surface area contributed by atoms with Gasteiger partial charge >= 0.3 is 0 Å². The van der Waals surface area contributed by atoms with Crippen LogP contribution < -0.4 is 19.5 Å². The standard InChI is InChI=1S/C22H26N4O3S/c1-8-12(2)24-20-18-13(3)21(23-4)30-22(18)26-17(25-20)11-14-9-15(27-5)19(29-7)16(10-14)28-6/h9-10,12H,8,11H2,1-3,5-7H3,(H,24,25,26). The van der Waals surface area contributed by atoms with Crippen molar-refractivity contribution in [3.63, 3.8) is 0 Å². The van der Waals surface area contributed by atoms with E-state index < -0.39 is 0 Å². The number of fused-ring (bicyclic) bond motifs is 1. The van der Waals surface area contributed by atoms with E-state index >= 15 is 0 Å². The van der Waals surface area contributed by atoms with Crippen LogP contribution in [0.5, 0.6) is 17.2 Å². The lowest BCUT2D eigenvalue weighted by Crippen LogP contribution is -2.16. The Morgan fingerprint density at radius 2 is 1.80 bits per heavy atom. The minimum Gasteiger partial charge on any atom is -0.493 e. The van der Waals surface area contributed by atoms with E-state index in [1.807, 2.05) is 19.1 Å². The van der Waals surface area contributed by atoms with Crippen molar-refractivity contribution in [3.05, 3.63) is 40.5 Å². The largest absolute Gasteiger partial charge is 0.493 e. The molecule has 3 rings (SSSR count). The van der Waals surface area contributed by atoms with Crippen molar-refractivity contribution in [3.8, 4) is 17.2 Å². The van der Waals surface area contributed by atoms with E-state index in [4.69, 9.17) is 30.8 Å². The van der Waals surface area contributed by atoms with Crippen molar-refractivity contribution in [2.24, 2.45) is 0 Å². The fraction of sp³-hybridized carbons (Fsp3) is 0.409. The molecular weight excluding hydrogens is 400 g/mol. The molecule has 0 aliphatic carbocycles. The highest BCUT2D eigenvalue weighted by molar-refractivity contribution is 7.22. The maximum atomic E-state index is 7.45. The number of thiophene rings is 1. The zero-order chi connectivity index (χ0) is 21.8. The second-order valence-corrected chi connectivity index (χ2v) is 7.95. The molecule has 0 bridgehead atoms. The predicted molar refractivity (Wildman–Crippen MR) is 121 cm³/mol. The van der Waals surface area contributed by atoms with Crippen molar-refractivity contribution in [2.75, 3.05) is 26.6 Å². The van der Waals surface area contributed by atoms with Gasteiger partial charge in [-0.2, -0.15) is 0 Å². The SMILES string of the molecule is [C-]#[N+]c1sc2nc(Cc3cc(OC)c(OC)c(OC)c3)nc(NC(C)CC)c2c1C. The Hall–Kier alpha value is -3.05. The minimum absolute atomic E-state index is 0.257. The quantitative estimate of drug-likeness (QED) is 0.488. The molecule has 0 radical (unpaired) electrons. The molecule has 8 heteroatoms. The Bertz CT molecular complexity index is 1080. The summed E-state index contributed by atoms with van der Waals surface area (Å²) in [4.78, 5) is 14.0. The lowest BCUT2D eigenvalue weighted by atomic mass is 10.1. The van der Waals surface area contributed by atoms with E-state index in [0.29, 0.717) is 34.5 Å². The van der Waals surface area contributed by atoms with Crippen molar-refractivity contribution < 1.29 is 14.2 Å². The van der Waals surface area contributed by atoms with Crippen LogP contribution in [0.1, 0.15) is 37.2 Å². The number of nitrogens with one attached hydrogen (secondary N) is 1. The number of aryl methyl sites for hydroxylation is 1. The first-order valence-corrected chi connectivity index (χ1v) is 10.5. The van der Waals surface area contributed by atoms with Gasteiger partial charge in [0.2, 0.25) is 10.8 Å². The van der Waals surface area contributed by atoms with Gasteiger partial charge in [0.15, 0.2) is 11.5 Å². The van der Waals surface area contributed by atoms with E-state index in [9.17, 15) is 0 Å². The molecule has 0 amide bonds. The van der Waals surface area contributed by atoms with Gasteiger partial charge in [-0.25, -0.2) is 14.8 Å². The molecule has 0 spiro atoms. The van der Waals surface area contributed by atoms with Crippen LogP contribution in [0.4, 0.5) is 10.8 Å². The normalized spacial score (nSPS) is 11.8. The van der Waals surface area contributed by atoms with Gasteiger partial charge in [-0.05, 0) is 43.5 Å². The van der Waals surface area contributed by atoms with E-state index in [1.165, 1.54) is 11.3 Å². The first-order valence-electron chi connectivity index (χ1n) is 9.68. The average molecular weight is 427 g/mol. The molecule has 1 atom stereocenters. The third kappa shape index (κ3) is 4.12.